The number of rotatable bonds is 4. The van der Waals surface area contributed by atoms with Crippen LogP contribution in [0.15, 0.2) is 36.4 Å². The first-order valence-electron chi connectivity index (χ1n) is 11.4. The highest BCUT2D eigenvalue weighted by molar-refractivity contribution is 6.43. The van der Waals surface area contributed by atoms with Crippen molar-refractivity contribution in [1.82, 2.24) is 20.2 Å². The van der Waals surface area contributed by atoms with E-state index in [1.54, 1.807) is 6.07 Å². The molecule has 0 spiro atoms. The van der Waals surface area contributed by atoms with Crippen LogP contribution in [0.5, 0.6) is 0 Å². The van der Waals surface area contributed by atoms with E-state index in [9.17, 15) is 14.4 Å². The molecule has 0 saturated carbocycles. The number of urea groups is 1. The number of carbonyl (C=O) groups is 3. The van der Waals surface area contributed by atoms with Crippen molar-refractivity contribution >= 4 is 46.7 Å². The van der Waals surface area contributed by atoms with E-state index < -0.39 is 6.03 Å². The van der Waals surface area contributed by atoms with Crippen molar-refractivity contribution in [2.75, 3.05) is 37.6 Å². The second-order valence-corrected chi connectivity index (χ2v) is 9.56. The van der Waals surface area contributed by atoms with Crippen LogP contribution in [0.25, 0.3) is 0 Å². The Morgan fingerprint density at radius 3 is 2.59 bits per heavy atom. The number of hydrogen-bond donors (Lipinski definition) is 1. The third-order valence-corrected chi connectivity index (χ3v) is 7.35. The number of fused-ring (bicyclic) bond motifs is 1. The number of amides is 4. The molecule has 0 aromatic heterocycles. The summed E-state index contributed by atoms with van der Waals surface area (Å²) in [5.74, 6) is -0.531. The predicted molar refractivity (Wildman–Crippen MR) is 130 cm³/mol. The van der Waals surface area contributed by atoms with Crippen molar-refractivity contribution in [2.45, 2.75) is 25.9 Å². The molecule has 2 aromatic carbocycles. The molecule has 3 aliphatic rings. The summed E-state index contributed by atoms with van der Waals surface area (Å²) in [6.07, 6.45) is 1.19. The summed E-state index contributed by atoms with van der Waals surface area (Å²) in [6.45, 7) is 4.90. The van der Waals surface area contributed by atoms with Crippen molar-refractivity contribution in [3.05, 3.63) is 63.1 Å². The molecule has 10 heteroatoms. The lowest BCUT2D eigenvalue weighted by Crippen LogP contribution is -2.56. The molecule has 3 aliphatic heterocycles. The number of benzene rings is 2. The molecular formula is C24H25Cl2N5O3. The molecule has 178 valence electrons. The van der Waals surface area contributed by atoms with E-state index in [0.717, 1.165) is 56.0 Å². The molecule has 0 atom stereocenters. The Balaban J connectivity index is 1.24. The quantitative estimate of drug-likeness (QED) is 0.693. The molecule has 8 nitrogen and oxygen atoms in total. The van der Waals surface area contributed by atoms with E-state index in [4.69, 9.17) is 23.2 Å². The Hall–Kier alpha value is -2.81. The summed E-state index contributed by atoms with van der Waals surface area (Å²) in [6, 6.07) is 11.1. The minimum Gasteiger partial charge on any atom is -0.369 e. The van der Waals surface area contributed by atoms with Gasteiger partial charge in [0.2, 0.25) is 5.91 Å². The second kappa shape index (κ2) is 9.44. The van der Waals surface area contributed by atoms with Crippen LogP contribution in [0.3, 0.4) is 0 Å². The number of carbonyl (C=O) groups excluding carboxylic acids is 3. The van der Waals surface area contributed by atoms with Crippen molar-refractivity contribution in [3.63, 3.8) is 0 Å². The van der Waals surface area contributed by atoms with Crippen LogP contribution in [-0.2, 0) is 17.9 Å². The molecule has 0 radical (unpaired) electrons. The number of anilines is 1. The highest BCUT2D eigenvalue weighted by Crippen LogP contribution is 2.33. The maximum Gasteiger partial charge on any atom is 0.342 e. The summed E-state index contributed by atoms with van der Waals surface area (Å²) >= 11 is 12.6. The van der Waals surface area contributed by atoms with Crippen molar-refractivity contribution in [1.29, 1.82) is 0 Å². The SMILES string of the molecule is O=C1CCN(N2Cc3cc(CN4CCCN(c5cccc(Cl)c5Cl)CC4)ccc3C2=O)C(=O)N1. The zero-order valence-corrected chi connectivity index (χ0v) is 20.1. The van der Waals surface area contributed by atoms with E-state index in [2.05, 4.69) is 21.2 Å². The average Bonchev–Trinajstić information content (AvgIpc) is 2.97. The van der Waals surface area contributed by atoms with Gasteiger partial charge in [-0.3, -0.25) is 19.8 Å². The van der Waals surface area contributed by atoms with Gasteiger partial charge in [0.05, 0.1) is 28.8 Å². The summed E-state index contributed by atoms with van der Waals surface area (Å²) in [5.41, 5.74) is 3.59. The van der Waals surface area contributed by atoms with E-state index in [-0.39, 0.29) is 24.8 Å². The number of halogens is 2. The third-order valence-electron chi connectivity index (χ3n) is 6.54. The van der Waals surface area contributed by atoms with Gasteiger partial charge in [-0.1, -0.05) is 41.4 Å². The Kier molecular flexibility index (Phi) is 6.38. The highest BCUT2D eigenvalue weighted by atomic mass is 35.5. The standard InChI is InChI=1S/C24H25Cl2N5O3/c25-19-3-1-4-20(22(19)26)29-9-2-8-28(11-12-29)14-16-5-6-18-17(13-16)15-31(23(18)33)30-10-7-21(32)27-24(30)34/h1,3-6,13H,2,7-12,14-15H2,(H,27,32,34). The molecule has 0 unspecified atom stereocenters. The number of hydrazine groups is 1. The van der Waals surface area contributed by atoms with E-state index in [1.807, 2.05) is 24.3 Å². The van der Waals surface area contributed by atoms with Gasteiger partial charge in [0.1, 0.15) is 0 Å². The molecule has 1 N–H and O–H groups in total. The monoisotopic (exact) mass is 501 g/mol. The summed E-state index contributed by atoms with van der Waals surface area (Å²) in [7, 11) is 0. The number of hydrogen-bond acceptors (Lipinski definition) is 5. The van der Waals surface area contributed by atoms with Crippen LogP contribution < -0.4 is 10.2 Å². The van der Waals surface area contributed by atoms with Crippen LogP contribution in [0, 0.1) is 0 Å². The lowest BCUT2D eigenvalue weighted by atomic mass is 10.1. The molecule has 2 aromatic rings. The van der Waals surface area contributed by atoms with Gasteiger partial charge in [0.25, 0.3) is 5.91 Å². The van der Waals surface area contributed by atoms with E-state index in [1.165, 1.54) is 10.0 Å². The lowest BCUT2D eigenvalue weighted by molar-refractivity contribution is -0.123. The Morgan fingerprint density at radius 2 is 1.76 bits per heavy atom. The van der Waals surface area contributed by atoms with E-state index >= 15 is 0 Å². The van der Waals surface area contributed by atoms with Crippen molar-refractivity contribution < 1.29 is 14.4 Å². The summed E-state index contributed by atoms with van der Waals surface area (Å²) in [4.78, 5) is 41.2. The fourth-order valence-corrected chi connectivity index (χ4v) is 5.22. The first-order chi connectivity index (χ1) is 16.4. The number of imide groups is 1. The average molecular weight is 502 g/mol. The van der Waals surface area contributed by atoms with Gasteiger partial charge < -0.3 is 4.90 Å². The number of nitrogens with zero attached hydrogens (tertiary/aromatic N) is 4. The Morgan fingerprint density at radius 1 is 0.912 bits per heavy atom. The van der Waals surface area contributed by atoms with Crippen LogP contribution in [-0.4, -0.2) is 65.5 Å². The van der Waals surface area contributed by atoms with Gasteiger partial charge in [-0.15, -0.1) is 0 Å². The van der Waals surface area contributed by atoms with Crippen LogP contribution >= 0.6 is 23.2 Å². The van der Waals surface area contributed by atoms with Gasteiger partial charge in [0, 0.05) is 44.7 Å². The minimum absolute atomic E-state index is 0.184. The maximum absolute atomic E-state index is 12.9. The molecular weight excluding hydrogens is 477 g/mol. The molecule has 2 fully saturated rings. The minimum atomic E-state index is -0.549. The van der Waals surface area contributed by atoms with Gasteiger partial charge in [0.15, 0.2) is 0 Å². The van der Waals surface area contributed by atoms with Gasteiger partial charge in [-0.25, -0.2) is 14.8 Å². The van der Waals surface area contributed by atoms with E-state index in [0.29, 0.717) is 22.2 Å². The maximum atomic E-state index is 12.9. The third kappa shape index (κ3) is 4.45. The Bertz CT molecular complexity index is 1160. The normalized spacial score (nSPS) is 19.4. The Labute approximate surface area is 208 Å². The summed E-state index contributed by atoms with van der Waals surface area (Å²) < 4.78 is 0. The molecule has 0 aliphatic carbocycles. The molecule has 0 bridgehead atoms. The van der Waals surface area contributed by atoms with Gasteiger partial charge in [-0.05, 0) is 35.7 Å². The molecule has 3 heterocycles. The molecule has 2 saturated heterocycles. The van der Waals surface area contributed by atoms with Gasteiger partial charge in [-0.2, -0.15) is 0 Å². The van der Waals surface area contributed by atoms with Crippen LogP contribution in [0.1, 0.15) is 34.3 Å². The smallest absolute Gasteiger partial charge is 0.342 e. The fourth-order valence-electron chi connectivity index (χ4n) is 4.80. The van der Waals surface area contributed by atoms with Crippen molar-refractivity contribution in [3.8, 4) is 0 Å². The first kappa shape index (κ1) is 23.0. The fraction of sp³-hybridized carbons (Fsp3) is 0.375. The zero-order valence-electron chi connectivity index (χ0n) is 18.6. The lowest BCUT2D eigenvalue weighted by Gasteiger charge is -2.33. The molecule has 4 amide bonds. The topological polar surface area (TPSA) is 76.2 Å². The summed E-state index contributed by atoms with van der Waals surface area (Å²) in [5, 5.41) is 6.19. The zero-order chi connectivity index (χ0) is 23.8. The highest BCUT2D eigenvalue weighted by Gasteiger charge is 2.37. The molecule has 5 rings (SSSR count). The van der Waals surface area contributed by atoms with Crippen molar-refractivity contribution in [2.24, 2.45) is 0 Å². The first-order valence-corrected chi connectivity index (χ1v) is 12.1. The number of nitrogens with one attached hydrogen (secondary N) is 1. The second-order valence-electron chi connectivity index (χ2n) is 8.77. The molecule has 34 heavy (non-hydrogen) atoms. The predicted octanol–water partition coefficient (Wildman–Crippen LogP) is 3.52. The van der Waals surface area contributed by atoms with Crippen LogP contribution in [0.4, 0.5) is 10.5 Å². The van der Waals surface area contributed by atoms with Gasteiger partial charge >= 0.3 is 6.03 Å². The largest absolute Gasteiger partial charge is 0.369 e. The van der Waals surface area contributed by atoms with Crippen LogP contribution in [0.2, 0.25) is 10.0 Å².